The molecule has 0 fully saturated rings. The third-order valence-electron chi connectivity index (χ3n) is 6.28. The van der Waals surface area contributed by atoms with E-state index in [1.165, 1.54) is 51.4 Å². The second-order valence-electron chi connectivity index (χ2n) is 9.39. The predicted molar refractivity (Wildman–Crippen MR) is 128 cm³/mol. The van der Waals surface area contributed by atoms with Gasteiger partial charge in [-0.25, -0.2) is 0 Å². The Morgan fingerprint density at radius 3 is 1.35 bits per heavy atom. The lowest BCUT2D eigenvalue weighted by Crippen LogP contribution is -2.26. The van der Waals surface area contributed by atoms with Gasteiger partial charge in [-0.3, -0.25) is 0 Å². The molecule has 0 aliphatic carbocycles. The Hall–Kier alpha value is -0.490. The van der Waals surface area contributed by atoms with Crippen LogP contribution in [0.3, 0.4) is 0 Å². The molecule has 5 heteroatoms. The lowest BCUT2D eigenvalue weighted by Gasteiger charge is -2.18. The molecule has 0 aromatic heterocycles. The molecule has 4 unspecified atom stereocenters. The van der Waals surface area contributed by atoms with Crippen molar-refractivity contribution in [3.8, 4) is 0 Å². The van der Waals surface area contributed by atoms with Gasteiger partial charge in [0.25, 0.3) is 0 Å². The number of carbonyl (C=O) groups excluding carboxylic acids is 1. The van der Waals surface area contributed by atoms with E-state index in [0.29, 0.717) is 25.5 Å². The van der Waals surface area contributed by atoms with Crippen LogP contribution in [0.5, 0.6) is 0 Å². The van der Waals surface area contributed by atoms with E-state index in [9.17, 15) is 20.1 Å². The first-order chi connectivity index (χ1) is 15.0. The minimum Gasteiger partial charge on any atom is -0.393 e. The first kappa shape index (κ1) is 30.5. The van der Waals surface area contributed by atoms with Crippen molar-refractivity contribution < 1.29 is 25.2 Å². The highest BCUT2D eigenvalue weighted by Crippen LogP contribution is 2.16. The molecule has 0 aromatic carbocycles. The molecule has 0 bridgehead atoms. The zero-order chi connectivity index (χ0) is 23.2. The fourth-order valence-corrected chi connectivity index (χ4v) is 4.07. The number of carbonyl (C=O) groups is 1. The Labute approximate surface area is 191 Å². The molecule has 0 saturated carbocycles. The number of hydrogen-bond acceptors (Lipinski definition) is 5. The molecule has 0 aromatic rings. The third kappa shape index (κ3) is 21.1. The average Bonchev–Trinajstić information content (AvgIpc) is 2.77. The monoisotopic (exact) mass is 444 g/mol. The van der Waals surface area contributed by atoms with Crippen LogP contribution in [0.25, 0.3) is 0 Å². The maximum absolute atomic E-state index is 10.3. The number of unbranched alkanes of at least 4 members (excludes halogenated alkanes) is 12. The van der Waals surface area contributed by atoms with E-state index in [-0.39, 0.29) is 6.10 Å². The zero-order valence-corrected chi connectivity index (χ0v) is 20.2. The lowest BCUT2D eigenvalue weighted by atomic mass is 9.98. The summed E-state index contributed by atoms with van der Waals surface area (Å²) in [7, 11) is 0. The molecule has 5 nitrogen and oxygen atoms in total. The Morgan fingerprint density at radius 2 is 0.903 bits per heavy atom. The van der Waals surface area contributed by atoms with Gasteiger partial charge in [0, 0.05) is 0 Å². The molecule has 0 heterocycles. The number of hydrogen-bond donors (Lipinski definition) is 4. The van der Waals surface area contributed by atoms with Crippen molar-refractivity contribution in [3.63, 3.8) is 0 Å². The minimum atomic E-state index is -0.770. The number of aliphatic hydroxyl groups excluding tert-OH is 4. The summed E-state index contributed by atoms with van der Waals surface area (Å²) >= 11 is 0. The maximum atomic E-state index is 10.3. The fraction of sp³-hybridized carbons (Fsp3) is 0.962. The van der Waals surface area contributed by atoms with Gasteiger partial charge in [0.2, 0.25) is 0 Å². The van der Waals surface area contributed by atoms with Gasteiger partial charge in [-0.1, -0.05) is 96.8 Å². The number of rotatable bonds is 24. The van der Waals surface area contributed by atoms with Crippen LogP contribution < -0.4 is 0 Å². The first-order valence-corrected chi connectivity index (χ1v) is 13.2. The van der Waals surface area contributed by atoms with Crippen molar-refractivity contribution in [1.82, 2.24) is 0 Å². The normalized spacial score (nSPS) is 15.5. The predicted octanol–water partition coefficient (Wildman–Crippen LogP) is 5.45. The van der Waals surface area contributed by atoms with Crippen LogP contribution in [-0.2, 0) is 4.79 Å². The second-order valence-corrected chi connectivity index (χ2v) is 9.39. The van der Waals surface area contributed by atoms with Gasteiger partial charge >= 0.3 is 0 Å². The van der Waals surface area contributed by atoms with Crippen LogP contribution in [-0.4, -0.2) is 51.1 Å². The van der Waals surface area contributed by atoms with Gasteiger partial charge in [0.05, 0.1) is 18.3 Å². The summed E-state index contributed by atoms with van der Waals surface area (Å²) in [5, 5.41) is 39.2. The SMILES string of the molecule is CCCCC(O)CCCC(O)C(O)CCCCCCCCCCCCCCC(O)C=O. The van der Waals surface area contributed by atoms with Crippen molar-refractivity contribution in [3.05, 3.63) is 0 Å². The Kier molecular flexibility index (Phi) is 22.3. The van der Waals surface area contributed by atoms with E-state index in [4.69, 9.17) is 5.11 Å². The minimum absolute atomic E-state index is 0.265. The second kappa shape index (κ2) is 22.7. The highest BCUT2D eigenvalue weighted by atomic mass is 16.3. The van der Waals surface area contributed by atoms with Crippen LogP contribution in [0, 0.1) is 0 Å². The van der Waals surface area contributed by atoms with Crippen molar-refractivity contribution in [2.45, 2.75) is 160 Å². The van der Waals surface area contributed by atoms with Gasteiger partial charge in [-0.15, -0.1) is 0 Å². The molecule has 4 atom stereocenters. The van der Waals surface area contributed by atoms with Crippen molar-refractivity contribution in [2.75, 3.05) is 0 Å². The maximum Gasteiger partial charge on any atom is 0.148 e. The third-order valence-corrected chi connectivity index (χ3v) is 6.28. The molecule has 0 aliphatic heterocycles. The lowest BCUT2D eigenvalue weighted by molar-refractivity contribution is -0.115. The van der Waals surface area contributed by atoms with Crippen molar-refractivity contribution in [2.24, 2.45) is 0 Å². The summed E-state index contributed by atoms with van der Waals surface area (Å²) in [6.45, 7) is 2.12. The molecular weight excluding hydrogens is 392 g/mol. The fourth-order valence-electron chi connectivity index (χ4n) is 4.07. The highest BCUT2D eigenvalue weighted by Gasteiger charge is 2.16. The van der Waals surface area contributed by atoms with Crippen LogP contribution in [0.1, 0.15) is 135 Å². The van der Waals surface area contributed by atoms with Gasteiger partial charge < -0.3 is 25.2 Å². The molecule has 4 N–H and O–H groups in total. The zero-order valence-electron chi connectivity index (χ0n) is 20.2. The summed E-state index contributed by atoms with van der Waals surface area (Å²) in [6, 6.07) is 0. The largest absolute Gasteiger partial charge is 0.393 e. The molecule has 31 heavy (non-hydrogen) atoms. The van der Waals surface area contributed by atoms with E-state index in [2.05, 4.69) is 6.92 Å². The van der Waals surface area contributed by atoms with E-state index in [0.717, 1.165) is 57.8 Å². The summed E-state index contributed by atoms with van der Waals surface area (Å²) in [5.41, 5.74) is 0. The summed E-state index contributed by atoms with van der Waals surface area (Å²) < 4.78 is 0. The van der Waals surface area contributed by atoms with Crippen molar-refractivity contribution >= 4 is 6.29 Å². The number of aliphatic hydroxyl groups is 4. The van der Waals surface area contributed by atoms with Crippen LogP contribution in [0.2, 0.25) is 0 Å². The quantitative estimate of drug-likeness (QED) is 0.117. The summed E-state index contributed by atoms with van der Waals surface area (Å²) in [4.78, 5) is 10.3. The van der Waals surface area contributed by atoms with E-state index in [1.807, 2.05) is 0 Å². The topological polar surface area (TPSA) is 98.0 Å². The van der Waals surface area contributed by atoms with Crippen LogP contribution >= 0.6 is 0 Å². The Morgan fingerprint density at radius 1 is 0.516 bits per heavy atom. The molecular formula is C26H52O5. The van der Waals surface area contributed by atoms with Crippen LogP contribution in [0.4, 0.5) is 0 Å². The highest BCUT2D eigenvalue weighted by molar-refractivity contribution is 5.55. The summed E-state index contributed by atoms with van der Waals surface area (Å²) in [6.07, 6.45) is 18.7. The van der Waals surface area contributed by atoms with Crippen molar-refractivity contribution in [1.29, 1.82) is 0 Å². The smallest absolute Gasteiger partial charge is 0.148 e. The van der Waals surface area contributed by atoms with Gasteiger partial charge in [0.15, 0.2) is 0 Å². The molecule has 0 radical (unpaired) electrons. The molecule has 0 saturated heterocycles. The first-order valence-electron chi connectivity index (χ1n) is 13.2. The Balaban J connectivity index is 3.36. The van der Waals surface area contributed by atoms with E-state index in [1.54, 1.807) is 0 Å². The van der Waals surface area contributed by atoms with E-state index >= 15 is 0 Å². The van der Waals surface area contributed by atoms with E-state index < -0.39 is 18.3 Å². The van der Waals surface area contributed by atoms with Gasteiger partial charge in [-0.2, -0.15) is 0 Å². The molecule has 0 amide bonds. The van der Waals surface area contributed by atoms with Gasteiger partial charge in [-0.05, 0) is 38.5 Å². The molecule has 186 valence electrons. The average molecular weight is 445 g/mol. The summed E-state index contributed by atoms with van der Waals surface area (Å²) in [5.74, 6) is 0. The van der Waals surface area contributed by atoms with Gasteiger partial charge in [0.1, 0.15) is 12.4 Å². The molecule has 0 spiro atoms. The standard InChI is InChI=1S/C26H52O5/c1-2-3-17-23(28)19-16-21-26(31)25(30)20-15-13-11-9-7-5-4-6-8-10-12-14-18-24(29)22-27/h22-26,28-31H,2-21H2,1H3. The number of aldehydes is 1. The molecule has 0 aliphatic rings. The van der Waals surface area contributed by atoms with Crippen LogP contribution in [0.15, 0.2) is 0 Å². The Bertz CT molecular complexity index is 377. The molecule has 0 rings (SSSR count).